The number of hydrogen-bond donors (Lipinski definition) is 3. The summed E-state index contributed by atoms with van der Waals surface area (Å²) in [6.45, 7) is 2.51. The summed E-state index contributed by atoms with van der Waals surface area (Å²) in [6, 6.07) is 5.82. The van der Waals surface area contributed by atoms with Crippen LogP contribution in [0.3, 0.4) is 0 Å². The van der Waals surface area contributed by atoms with Gasteiger partial charge in [-0.3, -0.25) is 9.59 Å². The topological polar surface area (TPSA) is 84.2 Å². The monoisotopic (exact) mass is 421 g/mol. The van der Waals surface area contributed by atoms with Crippen LogP contribution in [0.15, 0.2) is 18.2 Å². The number of halogens is 1. The molecule has 1 aromatic carbocycles. The highest BCUT2D eigenvalue weighted by Crippen LogP contribution is 2.38. The second kappa shape index (κ2) is 11.0. The zero-order valence-electron chi connectivity index (χ0n) is 17.6. The second-order valence-electron chi connectivity index (χ2n) is 8.83. The fourth-order valence-corrected chi connectivity index (χ4v) is 4.75. The van der Waals surface area contributed by atoms with E-state index >= 15 is 0 Å². The van der Waals surface area contributed by atoms with Gasteiger partial charge in [0, 0.05) is 23.7 Å². The molecule has 0 bridgehead atoms. The van der Waals surface area contributed by atoms with Gasteiger partial charge in [0.15, 0.2) is 0 Å². The lowest BCUT2D eigenvalue weighted by molar-refractivity contribution is -0.118. The SMILES string of the molecule is Cc1cc(C(=O)NC2CCCCC2)ccc1NC(=O)CC1(CN)CCCCC1.Cl. The molecule has 2 aliphatic carbocycles. The van der Waals surface area contributed by atoms with Crippen LogP contribution in [0.5, 0.6) is 0 Å². The molecule has 2 saturated carbocycles. The molecule has 0 heterocycles. The summed E-state index contributed by atoms with van der Waals surface area (Å²) in [6.07, 6.45) is 11.9. The summed E-state index contributed by atoms with van der Waals surface area (Å²) >= 11 is 0. The first-order valence-electron chi connectivity index (χ1n) is 10.9. The van der Waals surface area contributed by atoms with Crippen molar-refractivity contribution < 1.29 is 9.59 Å². The zero-order valence-corrected chi connectivity index (χ0v) is 18.4. The van der Waals surface area contributed by atoms with E-state index in [-0.39, 0.29) is 29.6 Å². The Balaban J connectivity index is 0.00000300. The molecule has 2 aliphatic rings. The van der Waals surface area contributed by atoms with Crippen LogP contribution in [0.4, 0.5) is 5.69 Å². The lowest BCUT2D eigenvalue weighted by Gasteiger charge is -2.35. The van der Waals surface area contributed by atoms with Gasteiger partial charge in [-0.25, -0.2) is 0 Å². The molecule has 6 heteroatoms. The van der Waals surface area contributed by atoms with Crippen LogP contribution >= 0.6 is 12.4 Å². The molecule has 1 aromatic rings. The van der Waals surface area contributed by atoms with Gasteiger partial charge in [-0.1, -0.05) is 38.5 Å². The minimum absolute atomic E-state index is 0. The number of carbonyl (C=O) groups excluding carboxylic acids is 2. The smallest absolute Gasteiger partial charge is 0.251 e. The molecule has 4 N–H and O–H groups in total. The number of rotatable bonds is 6. The minimum atomic E-state index is -0.0456. The summed E-state index contributed by atoms with van der Waals surface area (Å²) in [4.78, 5) is 25.2. The van der Waals surface area contributed by atoms with E-state index < -0.39 is 0 Å². The van der Waals surface area contributed by atoms with Crippen molar-refractivity contribution in [3.63, 3.8) is 0 Å². The van der Waals surface area contributed by atoms with Gasteiger partial charge >= 0.3 is 0 Å². The highest BCUT2D eigenvalue weighted by atomic mass is 35.5. The minimum Gasteiger partial charge on any atom is -0.349 e. The predicted molar refractivity (Wildman–Crippen MR) is 121 cm³/mol. The third-order valence-corrected chi connectivity index (χ3v) is 6.59. The van der Waals surface area contributed by atoms with Gasteiger partial charge in [-0.2, -0.15) is 0 Å². The molecular formula is C23H36ClN3O2. The zero-order chi connectivity index (χ0) is 20.0. The van der Waals surface area contributed by atoms with Crippen LogP contribution in [0.1, 0.15) is 86.6 Å². The summed E-state index contributed by atoms with van der Waals surface area (Å²) in [5, 5.41) is 6.19. The average molecular weight is 422 g/mol. The lowest BCUT2D eigenvalue weighted by Crippen LogP contribution is -2.36. The normalized spacial score (nSPS) is 19.1. The highest BCUT2D eigenvalue weighted by molar-refractivity contribution is 5.96. The van der Waals surface area contributed by atoms with Gasteiger partial charge in [0.05, 0.1) is 0 Å². The first-order valence-corrected chi connectivity index (χ1v) is 10.9. The third kappa shape index (κ3) is 6.45. The molecular weight excluding hydrogens is 386 g/mol. The van der Waals surface area contributed by atoms with E-state index in [1.54, 1.807) is 6.07 Å². The van der Waals surface area contributed by atoms with Crippen LogP contribution in [-0.4, -0.2) is 24.4 Å². The van der Waals surface area contributed by atoms with Crippen LogP contribution in [0.25, 0.3) is 0 Å². The summed E-state index contributed by atoms with van der Waals surface area (Å²) < 4.78 is 0. The van der Waals surface area contributed by atoms with Crippen LogP contribution in [0, 0.1) is 12.3 Å². The number of nitrogens with two attached hydrogens (primary N) is 1. The Morgan fingerprint density at radius 3 is 2.34 bits per heavy atom. The average Bonchev–Trinajstić information content (AvgIpc) is 2.71. The maximum absolute atomic E-state index is 12.6. The molecule has 0 unspecified atom stereocenters. The fourth-order valence-electron chi connectivity index (χ4n) is 4.75. The Morgan fingerprint density at radius 1 is 1.07 bits per heavy atom. The largest absolute Gasteiger partial charge is 0.349 e. The van der Waals surface area contributed by atoms with Crippen LogP contribution < -0.4 is 16.4 Å². The van der Waals surface area contributed by atoms with Crippen LogP contribution in [-0.2, 0) is 4.79 Å². The standard InChI is InChI=1S/C23H35N3O2.ClH/c1-17-14-18(22(28)25-19-8-4-2-5-9-19)10-11-20(17)26-21(27)15-23(16-24)12-6-3-7-13-23;/h10-11,14,19H,2-9,12-13,15-16,24H2,1H3,(H,25,28)(H,26,27);1H. The summed E-state index contributed by atoms with van der Waals surface area (Å²) in [5.74, 6) is 0.00650. The van der Waals surface area contributed by atoms with Crippen molar-refractivity contribution in [2.45, 2.75) is 83.6 Å². The first kappa shape index (κ1) is 23.7. The van der Waals surface area contributed by atoms with Gasteiger partial charge in [0.1, 0.15) is 0 Å². The van der Waals surface area contributed by atoms with E-state index in [0.29, 0.717) is 24.6 Å². The fraction of sp³-hybridized carbons (Fsp3) is 0.652. The Bertz CT molecular complexity index is 695. The quantitative estimate of drug-likeness (QED) is 0.621. The molecule has 0 aliphatic heterocycles. The molecule has 5 nitrogen and oxygen atoms in total. The number of anilines is 1. The van der Waals surface area contributed by atoms with E-state index in [9.17, 15) is 9.59 Å². The molecule has 0 saturated heterocycles. The molecule has 2 amide bonds. The molecule has 162 valence electrons. The highest BCUT2D eigenvalue weighted by Gasteiger charge is 2.33. The van der Waals surface area contributed by atoms with Gasteiger partial charge in [-0.15, -0.1) is 12.4 Å². The van der Waals surface area contributed by atoms with Crippen LogP contribution in [0.2, 0.25) is 0 Å². The predicted octanol–water partition coefficient (Wildman–Crippen LogP) is 4.72. The Kier molecular flexibility index (Phi) is 8.97. The number of carbonyl (C=O) groups is 2. The number of aryl methyl sites for hydroxylation is 1. The summed E-state index contributed by atoms with van der Waals surface area (Å²) in [7, 11) is 0. The van der Waals surface area contributed by atoms with Crippen molar-refractivity contribution >= 4 is 29.9 Å². The molecule has 2 fully saturated rings. The van der Waals surface area contributed by atoms with Gasteiger partial charge in [0.25, 0.3) is 5.91 Å². The van der Waals surface area contributed by atoms with Crippen molar-refractivity contribution in [2.75, 3.05) is 11.9 Å². The van der Waals surface area contributed by atoms with Crippen molar-refractivity contribution in [3.05, 3.63) is 29.3 Å². The Hall–Kier alpha value is -1.59. The molecule has 0 aromatic heterocycles. The van der Waals surface area contributed by atoms with Crippen molar-refractivity contribution in [1.82, 2.24) is 5.32 Å². The van der Waals surface area contributed by atoms with Gasteiger partial charge < -0.3 is 16.4 Å². The number of hydrogen-bond acceptors (Lipinski definition) is 3. The lowest BCUT2D eigenvalue weighted by atomic mass is 9.71. The van der Waals surface area contributed by atoms with E-state index in [1.165, 1.54) is 25.7 Å². The maximum atomic E-state index is 12.6. The van der Waals surface area contributed by atoms with E-state index in [0.717, 1.165) is 49.8 Å². The molecule has 29 heavy (non-hydrogen) atoms. The van der Waals surface area contributed by atoms with E-state index in [2.05, 4.69) is 10.6 Å². The van der Waals surface area contributed by atoms with Crippen molar-refractivity contribution in [3.8, 4) is 0 Å². The summed E-state index contributed by atoms with van der Waals surface area (Å²) in [5.41, 5.74) is 8.32. The Morgan fingerprint density at radius 2 is 1.72 bits per heavy atom. The van der Waals surface area contributed by atoms with Gasteiger partial charge in [-0.05, 0) is 68.3 Å². The molecule has 3 rings (SSSR count). The van der Waals surface area contributed by atoms with E-state index in [1.807, 2.05) is 19.1 Å². The van der Waals surface area contributed by atoms with E-state index in [4.69, 9.17) is 5.73 Å². The molecule has 0 atom stereocenters. The number of amides is 2. The number of nitrogens with one attached hydrogen (secondary N) is 2. The molecule has 0 radical (unpaired) electrons. The maximum Gasteiger partial charge on any atom is 0.251 e. The third-order valence-electron chi connectivity index (χ3n) is 6.59. The van der Waals surface area contributed by atoms with Crippen molar-refractivity contribution in [1.29, 1.82) is 0 Å². The first-order chi connectivity index (χ1) is 13.5. The van der Waals surface area contributed by atoms with Crippen molar-refractivity contribution in [2.24, 2.45) is 11.1 Å². The molecule has 0 spiro atoms. The van der Waals surface area contributed by atoms with Gasteiger partial charge in [0.2, 0.25) is 5.91 Å². The number of benzene rings is 1. The second-order valence-corrected chi connectivity index (χ2v) is 8.83. The Labute approximate surface area is 181 Å².